The normalized spacial score (nSPS) is 12.9. The second-order valence-electron chi connectivity index (χ2n) is 3.67. The molecule has 3 heteroatoms. The van der Waals surface area contributed by atoms with E-state index in [1.807, 2.05) is 6.20 Å². The minimum atomic E-state index is 0.944. The molecule has 0 radical (unpaired) electrons. The van der Waals surface area contributed by atoms with Gasteiger partial charge in [0, 0.05) is 12.1 Å². The van der Waals surface area contributed by atoms with Gasteiger partial charge < -0.3 is 5.32 Å². The summed E-state index contributed by atoms with van der Waals surface area (Å²) in [7, 11) is 0. The standard InChI is InChI=1S/C11H11N3/c1-7-3-2-4-8-5-9-10(6-12-14-9)13-11(7)8/h2-4,6,13H,5H2,1H3,(H,12,14). The third-order valence-electron chi connectivity index (χ3n) is 2.70. The average Bonchev–Trinajstić information content (AvgIpc) is 2.62. The van der Waals surface area contributed by atoms with Crippen molar-refractivity contribution in [1.29, 1.82) is 0 Å². The number of para-hydroxylation sites is 1. The minimum Gasteiger partial charge on any atom is -0.352 e. The molecular weight excluding hydrogens is 174 g/mol. The molecule has 1 aromatic heterocycles. The van der Waals surface area contributed by atoms with Gasteiger partial charge >= 0.3 is 0 Å². The van der Waals surface area contributed by atoms with Crippen molar-refractivity contribution in [1.82, 2.24) is 10.2 Å². The molecule has 0 saturated heterocycles. The molecule has 1 aromatic carbocycles. The molecule has 0 bridgehead atoms. The summed E-state index contributed by atoms with van der Waals surface area (Å²) in [5, 5.41) is 10.4. The zero-order chi connectivity index (χ0) is 9.54. The average molecular weight is 185 g/mol. The van der Waals surface area contributed by atoms with Crippen molar-refractivity contribution in [2.45, 2.75) is 13.3 Å². The third kappa shape index (κ3) is 0.954. The molecule has 2 aromatic rings. The summed E-state index contributed by atoms with van der Waals surface area (Å²) in [5.41, 5.74) is 6.13. The second kappa shape index (κ2) is 2.61. The molecule has 0 spiro atoms. The van der Waals surface area contributed by atoms with E-state index in [1.54, 1.807) is 0 Å². The summed E-state index contributed by atoms with van der Waals surface area (Å²) in [6.45, 7) is 2.12. The number of hydrogen-bond acceptors (Lipinski definition) is 2. The Hall–Kier alpha value is -1.77. The number of rotatable bonds is 0. The molecule has 0 saturated carbocycles. The quantitative estimate of drug-likeness (QED) is 0.564. The van der Waals surface area contributed by atoms with Crippen molar-refractivity contribution < 1.29 is 0 Å². The van der Waals surface area contributed by atoms with Crippen molar-refractivity contribution >= 4 is 11.4 Å². The largest absolute Gasteiger partial charge is 0.352 e. The molecule has 1 aliphatic heterocycles. The van der Waals surface area contributed by atoms with Gasteiger partial charge in [-0.1, -0.05) is 18.2 Å². The molecule has 2 heterocycles. The number of aromatic nitrogens is 2. The van der Waals surface area contributed by atoms with Gasteiger partial charge in [0.1, 0.15) is 0 Å². The highest BCUT2D eigenvalue weighted by molar-refractivity contribution is 5.72. The molecule has 3 rings (SSSR count). The van der Waals surface area contributed by atoms with E-state index >= 15 is 0 Å². The fraction of sp³-hybridized carbons (Fsp3) is 0.182. The van der Waals surface area contributed by atoms with E-state index in [0.717, 1.165) is 12.1 Å². The Bertz CT molecular complexity index is 485. The van der Waals surface area contributed by atoms with E-state index in [1.165, 1.54) is 22.5 Å². The Morgan fingerprint density at radius 3 is 3.21 bits per heavy atom. The first-order valence-corrected chi connectivity index (χ1v) is 4.72. The van der Waals surface area contributed by atoms with Crippen LogP contribution < -0.4 is 5.32 Å². The molecule has 70 valence electrons. The summed E-state index contributed by atoms with van der Waals surface area (Å²) in [4.78, 5) is 0. The van der Waals surface area contributed by atoms with E-state index < -0.39 is 0 Å². The molecule has 14 heavy (non-hydrogen) atoms. The van der Waals surface area contributed by atoms with Gasteiger partial charge in [-0.3, -0.25) is 5.10 Å². The lowest BCUT2D eigenvalue weighted by atomic mass is 10.00. The fourth-order valence-electron chi connectivity index (χ4n) is 1.94. The van der Waals surface area contributed by atoms with Crippen LogP contribution >= 0.6 is 0 Å². The third-order valence-corrected chi connectivity index (χ3v) is 2.70. The smallest absolute Gasteiger partial charge is 0.0804 e. The minimum absolute atomic E-state index is 0.944. The van der Waals surface area contributed by atoms with Crippen LogP contribution in [0.2, 0.25) is 0 Å². The Labute approximate surface area is 82.2 Å². The van der Waals surface area contributed by atoms with Crippen LogP contribution in [-0.2, 0) is 6.42 Å². The second-order valence-corrected chi connectivity index (χ2v) is 3.67. The Morgan fingerprint density at radius 1 is 1.36 bits per heavy atom. The number of benzene rings is 1. The molecule has 1 aliphatic rings. The number of fused-ring (bicyclic) bond motifs is 2. The lowest BCUT2D eigenvalue weighted by Gasteiger charge is -2.19. The first kappa shape index (κ1) is 7.62. The summed E-state index contributed by atoms with van der Waals surface area (Å²) in [6, 6.07) is 6.37. The molecule has 0 amide bonds. The molecule has 3 nitrogen and oxygen atoms in total. The summed E-state index contributed by atoms with van der Waals surface area (Å²) in [6.07, 6.45) is 2.78. The SMILES string of the molecule is Cc1cccc2c1Nc1cn[nH]c1C2. The van der Waals surface area contributed by atoms with Crippen molar-refractivity contribution in [3.05, 3.63) is 41.2 Å². The number of H-pyrrole nitrogens is 1. The number of nitrogens with one attached hydrogen (secondary N) is 2. The van der Waals surface area contributed by atoms with E-state index in [4.69, 9.17) is 0 Å². The van der Waals surface area contributed by atoms with E-state index in [-0.39, 0.29) is 0 Å². The molecule has 0 fully saturated rings. The van der Waals surface area contributed by atoms with Crippen LogP contribution in [0.3, 0.4) is 0 Å². The molecule has 2 N–H and O–H groups in total. The summed E-state index contributed by atoms with van der Waals surface area (Å²) < 4.78 is 0. The van der Waals surface area contributed by atoms with Gasteiger partial charge in [0.2, 0.25) is 0 Å². The maximum absolute atomic E-state index is 4.03. The van der Waals surface area contributed by atoms with Gasteiger partial charge in [-0.25, -0.2) is 0 Å². The van der Waals surface area contributed by atoms with Crippen LogP contribution in [0.15, 0.2) is 24.4 Å². The van der Waals surface area contributed by atoms with E-state index in [0.29, 0.717) is 0 Å². The number of anilines is 2. The van der Waals surface area contributed by atoms with Crippen LogP contribution in [-0.4, -0.2) is 10.2 Å². The monoisotopic (exact) mass is 185 g/mol. The highest BCUT2D eigenvalue weighted by Gasteiger charge is 2.16. The lowest BCUT2D eigenvalue weighted by molar-refractivity contribution is 0.990. The van der Waals surface area contributed by atoms with Crippen molar-refractivity contribution in [2.24, 2.45) is 0 Å². The highest BCUT2D eigenvalue weighted by atomic mass is 15.1. The van der Waals surface area contributed by atoms with Crippen molar-refractivity contribution in [3.8, 4) is 0 Å². The molecule has 0 unspecified atom stereocenters. The zero-order valence-electron chi connectivity index (χ0n) is 7.96. The first-order chi connectivity index (χ1) is 6.84. The predicted octanol–water partition coefficient (Wildman–Crippen LogP) is 2.37. The van der Waals surface area contributed by atoms with Crippen LogP contribution in [0.25, 0.3) is 0 Å². The Morgan fingerprint density at radius 2 is 2.29 bits per heavy atom. The van der Waals surface area contributed by atoms with E-state index in [9.17, 15) is 0 Å². The van der Waals surface area contributed by atoms with Gasteiger partial charge in [-0.05, 0) is 18.1 Å². The van der Waals surface area contributed by atoms with Gasteiger partial charge in [-0.2, -0.15) is 5.10 Å². The number of hydrogen-bond donors (Lipinski definition) is 2. The highest BCUT2D eigenvalue weighted by Crippen LogP contribution is 2.33. The Balaban J connectivity index is 2.17. The van der Waals surface area contributed by atoms with Crippen LogP contribution in [0.5, 0.6) is 0 Å². The molecule has 0 aliphatic carbocycles. The topological polar surface area (TPSA) is 40.7 Å². The fourth-order valence-corrected chi connectivity index (χ4v) is 1.94. The number of nitrogens with zero attached hydrogens (tertiary/aromatic N) is 1. The first-order valence-electron chi connectivity index (χ1n) is 4.72. The number of aryl methyl sites for hydroxylation is 1. The zero-order valence-corrected chi connectivity index (χ0v) is 7.96. The van der Waals surface area contributed by atoms with Crippen LogP contribution in [0.1, 0.15) is 16.8 Å². The van der Waals surface area contributed by atoms with Crippen LogP contribution in [0, 0.1) is 6.92 Å². The van der Waals surface area contributed by atoms with Crippen molar-refractivity contribution in [2.75, 3.05) is 5.32 Å². The Kier molecular flexibility index (Phi) is 1.42. The summed E-state index contributed by atoms with van der Waals surface area (Å²) >= 11 is 0. The van der Waals surface area contributed by atoms with Crippen molar-refractivity contribution in [3.63, 3.8) is 0 Å². The van der Waals surface area contributed by atoms with Crippen LogP contribution in [0.4, 0.5) is 11.4 Å². The molecular formula is C11H11N3. The van der Waals surface area contributed by atoms with E-state index in [2.05, 4.69) is 40.6 Å². The maximum Gasteiger partial charge on any atom is 0.0804 e. The number of aromatic amines is 1. The lowest BCUT2D eigenvalue weighted by Crippen LogP contribution is -2.06. The predicted molar refractivity (Wildman–Crippen MR) is 55.9 cm³/mol. The summed E-state index contributed by atoms with van der Waals surface area (Å²) in [5.74, 6) is 0. The van der Waals surface area contributed by atoms with Gasteiger partial charge in [-0.15, -0.1) is 0 Å². The van der Waals surface area contributed by atoms with Gasteiger partial charge in [0.25, 0.3) is 0 Å². The van der Waals surface area contributed by atoms with Gasteiger partial charge in [0.15, 0.2) is 0 Å². The van der Waals surface area contributed by atoms with Gasteiger partial charge in [0.05, 0.1) is 17.6 Å². The maximum atomic E-state index is 4.03. The molecule has 0 atom stereocenters.